The number of rotatable bonds is 5. The van der Waals surface area contributed by atoms with E-state index in [0.717, 1.165) is 24.2 Å². The molecular formula is C18H22N4O3. The van der Waals surface area contributed by atoms with E-state index in [-0.39, 0.29) is 18.6 Å². The van der Waals surface area contributed by atoms with Crippen LogP contribution in [-0.2, 0) is 4.79 Å². The predicted octanol–water partition coefficient (Wildman–Crippen LogP) is 1.94. The van der Waals surface area contributed by atoms with Crippen molar-refractivity contribution in [1.82, 2.24) is 19.9 Å². The molecule has 1 fully saturated rings. The summed E-state index contributed by atoms with van der Waals surface area (Å²) < 4.78 is 11.4. The van der Waals surface area contributed by atoms with E-state index >= 15 is 0 Å². The van der Waals surface area contributed by atoms with Crippen molar-refractivity contribution in [2.24, 2.45) is 0 Å². The van der Waals surface area contributed by atoms with Gasteiger partial charge >= 0.3 is 6.01 Å². The molecule has 0 saturated carbocycles. The monoisotopic (exact) mass is 342 g/mol. The van der Waals surface area contributed by atoms with Crippen LogP contribution in [0.4, 0.5) is 0 Å². The van der Waals surface area contributed by atoms with Crippen molar-refractivity contribution in [2.75, 3.05) is 19.7 Å². The van der Waals surface area contributed by atoms with Gasteiger partial charge in [-0.15, -0.1) is 0 Å². The average molecular weight is 342 g/mol. The number of amides is 1. The van der Waals surface area contributed by atoms with Crippen molar-refractivity contribution >= 4 is 5.91 Å². The topological polar surface area (TPSA) is 77.4 Å². The molecule has 132 valence electrons. The van der Waals surface area contributed by atoms with E-state index in [2.05, 4.69) is 15.0 Å². The Bertz CT molecular complexity index is 703. The molecule has 25 heavy (non-hydrogen) atoms. The second kappa shape index (κ2) is 7.92. The predicted molar refractivity (Wildman–Crippen MR) is 91.5 cm³/mol. The van der Waals surface area contributed by atoms with Crippen LogP contribution in [0.25, 0.3) is 0 Å². The molecule has 0 N–H and O–H groups in total. The molecule has 0 bridgehead atoms. The molecule has 0 radical (unpaired) electrons. The van der Waals surface area contributed by atoms with Gasteiger partial charge in [0, 0.05) is 24.1 Å². The number of likely N-dealkylation sites (tertiary alicyclic amines) is 1. The maximum Gasteiger partial charge on any atom is 0.317 e. The van der Waals surface area contributed by atoms with Gasteiger partial charge in [0.1, 0.15) is 11.9 Å². The number of piperidine rings is 1. The van der Waals surface area contributed by atoms with Crippen LogP contribution in [0.3, 0.4) is 0 Å². The third-order valence-electron chi connectivity index (χ3n) is 3.96. The summed E-state index contributed by atoms with van der Waals surface area (Å²) in [7, 11) is 0. The number of ether oxygens (including phenoxy) is 2. The molecule has 0 aromatic carbocycles. The zero-order valence-corrected chi connectivity index (χ0v) is 14.5. The van der Waals surface area contributed by atoms with Crippen LogP contribution < -0.4 is 9.47 Å². The SMILES string of the molecule is Cc1cc(C)nc(OC2CCCN(C(=O)COc3cccnc3)C2)n1. The van der Waals surface area contributed by atoms with Gasteiger partial charge in [-0.2, -0.15) is 0 Å². The highest BCUT2D eigenvalue weighted by Gasteiger charge is 2.26. The molecule has 1 amide bonds. The molecule has 2 aromatic heterocycles. The molecule has 1 unspecified atom stereocenters. The first-order valence-electron chi connectivity index (χ1n) is 8.40. The molecule has 0 aliphatic carbocycles. The first-order valence-corrected chi connectivity index (χ1v) is 8.40. The van der Waals surface area contributed by atoms with Gasteiger partial charge < -0.3 is 14.4 Å². The van der Waals surface area contributed by atoms with Crippen molar-refractivity contribution in [3.05, 3.63) is 42.0 Å². The largest absolute Gasteiger partial charge is 0.482 e. The van der Waals surface area contributed by atoms with Crippen LogP contribution in [0, 0.1) is 13.8 Å². The molecule has 1 saturated heterocycles. The Morgan fingerprint density at radius 3 is 2.84 bits per heavy atom. The van der Waals surface area contributed by atoms with Gasteiger partial charge in [-0.25, -0.2) is 9.97 Å². The number of hydrogen-bond acceptors (Lipinski definition) is 6. The second-order valence-electron chi connectivity index (χ2n) is 6.13. The first-order chi connectivity index (χ1) is 12.1. The van der Waals surface area contributed by atoms with E-state index in [0.29, 0.717) is 24.8 Å². The quantitative estimate of drug-likeness (QED) is 0.826. The molecule has 7 nitrogen and oxygen atoms in total. The van der Waals surface area contributed by atoms with Crippen LogP contribution in [0.5, 0.6) is 11.8 Å². The number of carbonyl (C=O) groups excluding carboxylic acids is 1. The molecule has 0 spiro atoms. The van der Waals surface area contributed by atoms with E-state index in [4.69, 9.17) is 9.47 Å². The number of carbonyl (C=O) groups is 1. The van der Waals surface area contributed by atoms with Gasteiger partial charge in [0.2, 0.25) is 0 Å². The summed E-state index contributed by atoms with van der Waals surface area (Å²) in [6, 6.07) is 5.83. The summed E-state index contributed by atoms with van der Waals surface area (Å²) >= 11 is 0. The van der Waals surface area contributed by atoms with Crippen LogP contribution in [0.1, 0.15) is 24.2 Å². The Labute approximate surface area is 147 Å². The van der Waals surface area contributed by atoms with Gasteiger partial charge in [0.15, 0.2) is 6.61 Å². The second-order valence-corrected chi connectivity index (χ2v) is 6.13. The van der Waals surface area contributed by atoms with E-state index < -0.39 is 0 Å². The van der Waals surface area contributed by atoms with Gasteiger partial charge in [0.25, 0.3) is 5.91 Å². The van der Waals surface area contributed by atoms with Gasteiger partial charge in [-0.3, -0.25) is 9.78 Å². The summed E-state index contributed by atoms with van der Waals surface area (Å²) in [5.74, 6) is 0.530. The highest BCUT2D eigenvalue weighted by atomic mass is 16.5. The van der Waals surface area contributed by atoms with Crippen LogP contribution in [0.2, 0.25) is 0 Å². The normalized spacial score (nSPS) is 17.2. The van der Waals surface area contributed by atoms with E-state index in [9.17, 15) is 4.79 Å². The van der Waals surface area contributed by atoms with E-state index in [1.54, 1.807) is 29.4 Å². The smallest absolute Gasteiger partial charge is 0.317 e. The lowest BCUT2D eigenvalue weighted by atomic mass is 10.1. The third-order valence-corrected chi connectivity index (χ3v) is 3.96. The van der Waals surface area contributed by atoms with Crippen LogP contribution in [0.15, 0.2) is 30.6 Å². The molecule has 7 heteroatoms. The fourth-order valence-electron chi connectivity index (χ4n) is 2.83. The summed E-state index contributed by atoms with van der Waals surface area (Å²) in [6.45, 7) is 5.05. The summed E-state index contributed by atoms with van der Waals surface area (Å²) in [6.07, 6.45) is 4.91. The van der Waals surface area contributed by atoms with Gasteiger partial charge in [-0.05, 0) is 44.9 Å². The molecule has 3 heterocycles. The molecule has 3 rings (SSSR count). The molecular weight excluding hydrogens is 320 g/mol. The molecule has 1 aliphatic heterocycles. The summed E-state index contributed by atoms with van der Waals surface area (Å²) in [5, 5.41) is 0. The minimum absolute atomic E-state index is 0.00152. The molecule has 1 aliphatic rings. The number of aromatic nitrogens is 3. The number of hydrogen-bond donors (Lipinski definition) is 0. The van der Waals surface area contributed by atoms with Crippen molar-refractivity contribution < 1.29 is 14.3 Å². The zero-order chi connectivity index (χ0) is 17.6. The minimum Gasteiger partial charge on any atom is -0.482 e. The lowest BCUT2D eigenvalue weighted by Crippen LogP contribution is -2.46. The van der Waals surface area contributed by atoms with Gasteiger partial charge in [0.05, 0.1) is 12.7 Å². The summed E-state index contributed by atoms with van der Waals surface area (Å²) in [4.78, 5) is 26.7. The Balaban J connectivity index is 1.54. The molecule has 2 aromatic rings. The van der Waals surface area contributed by atoms with Crippen molar-refractivity contribution in [2.45, 2.75) is 32.8 Å². The lowest BCUT2D eigenvalue weighted by Gasteiger charge is -2.32. The highest BCUT2D eigenvalue weighted by molar-refractivity contribution is 5.77. The first kappa shape index (κ1) is 17.1. The maximum atomic E-state index is 12.4. The standard InChI is InChI=1S/C18H22N4O3/c1-13-9-14(2)21-18(20-13)25-16-6-4-8-22(11-16)17(23)12-24-15-5-3-7-19-10-15/h3,5,7,9-10,16H,4,6,8,11-12H2,1-2H3. The average Bonchev–Trinajstić information content (AvgIpc) is 2.60. The fourth-order valence-corrected chi connectivity index (χ4v) is 2.83. The van der Waals surface area contributed by atoms with E-state index in [1.165, 1.54) is 0 Å². The van der Waals surface area contributed by atoms with Crippen molar-refractivity contribution in [3.8, 4) is 11.8 Å². The van der Waals surface area contributed by atoms with Crippen molar-refractivity contribution in [1.29, 1.82) is 0 Å². The van der Waals surface area contributed by atoms with Gasteiger partial charge in [-0.1, -0.05) is 0 Å². The number of pyridine rings is 1. The Morgan fingerprint density at radius 2 is 2.12 bits per heavy atom. The summed E-state index contributed by atoms with van der Waals surface area (Å²) in [5.41, 5.74) is 1.74. The van der Waals surface area contributed by atoms with Crippen LogP contribution >= 0.6 is 0 Å². The highest BCUT2D eigenvalue weighted by Crippen LogP contribution is 2.17. The lowest BCUT2D eigenvalue weighted by molar-refractivity contribution is -0.136. The maximum absolute atomic E-state index is 12.4. The van der Waals surface area contributed by atoms with E-state index in [1.807, 2.05) is 19.9 Å². The third kappa shape index (κ3) is 4.89. The Kier molecular flexibility index (Phi) is 5.42. The fraction of sp³-hybridized carbons (Fsp3) is 0.444. The Hall–Kier alpha value is -2.70. The minimum atomic E-state index is -0.0997. The number of nitrogens with zero attached hydrogens (tertiary/aromatic N) is 4. The Morgan fingerprint density at radius 1 is 1.32 bits per heavy atom. The number of aryl methyl sites for hydroxylation is 2. The van der Waals surface area contributed by atoms with Crippen molar-refractivity contribution in [3.63, 3.8) is 0 Å². The van der Waals surface area contributed by atoms with Crippen LogP contribution in [-0.4, -0.2) is 51.6 Å². The molecule has 1 atom stereocenters. The zero-order valence-electron chi connectivity index (χ0n) is 14.5.